The van der Waals surface area contributed by atoms with Crippen molar-refractivity contribution < 1.29 is 14.7 Å². The molecule has 31 heavy (non-hydrogen) atoms. The molecule has 160 valence electrons. The number of halogens is 2. The molecule has 0 saturated heterocycles. The predicted octanol–water partition coefficient (Wildman–Crippen LogP) is 5.54. The first-order valence-corrected chi connectivity index (χ1v) is 11.2. The van der Waals surface area contributed by atoms with Gasteiger partial charge in [0.2, 0.25) is 0 Å². The van der Waals surface area contributed by atoms with Crippen molar-refractivity contribution in [2.24, 2.45) is 0 Å². The smallest absolute Gasteiger partial charge is 0.307 e. The van der Waals surface area contributed by atoms with E-state index in [0.717, 1.165) is 5.56 Å². The lowest BCUT2D eigenvalue weighted by atomic mass is 10.00. The van der Waals surface area contributed by atoms with Crippen molar-refractivity contribution in [2.75, 3.05) is 11.6 Å². The van der Waals surface area contributed by atoms with Crippen LogP contribution < -0.4 is 5.32 Å². The molecule has 2 N–H and O–H groups in total. The van der Waals surface area contributed by atoms with Crippen LogP contribution in [-0.4, -0.2) is 33.2 Å². The Kier molecular flexibility index (Phi) is 7.54. The Morgan fingerprint density at radius 2 is 1.84 bits per heavy atom. The number of benzene rings is 2. The van der Waals surface area contributed by atoms with E-state index in [1.165, 1.54) is 17.8 Å². The molecule has 1 aromatic heterocycles. The number of carboxylic acid groups (broad SMARTS) is 1. The highest BCUT2D eigenvalue weighted by Gasteiger charge is 2.16. The van der Waals surface area contributed by atoms with E-state index in [1.54, 1.807) is 30.5 Å². The van der Waals surface area contributed by atoms with Gasteiger partial charge < -0.3 is 10.4 Å². The summed E-state index contributed by atoms with van der Waals surface area (Å²) < 4.78 is 0. The highest BCUT2D eigenvalue weighted by atomic mass is 35.5. The van der Waals surface area contributed by atoms with Crippen molar-refractivity contribution >= 4 is 52.5 Å². The molecule has 3 aromatic rings. The number of carbonyl (C=O) groups excluding carboxylic acids is 1. The average Bonchev–Trinajstić information content (AvgIpc) is 2.75. The van der Waals surface area contributed by atoms with Crippen LogP contribution in [0.15, 0.2) is 53.7 Å². The van der Waals surface area contributed by atoms with Crippen LogP contribution in [0.4, 0.5) is 5.69 Å². The van der Waals surface area contributed by atoms with Gasteiger partial charge in [-0.05, 0) is 42.2 Å². The number of hydrogen-bond donors (Lipinski definition) is 2. The largest absolute Gasteiger partial charge is 0.481 e. The van der Waals surface area contributed by atoms with Gasteiger partial charge in [0.1, 0.15) is 10.9 Å². The normalized spacial score (nSPS) is 11.7. The molecule has 1 amide bonds. The van der Waals surface area contributed by atoms with Gasteiger partial charge in [-0.25, -0.2) is 9.97 Å². The molecular weight excluding hydrogens is 457 g/mol. The number of amides is 1. The summed E-state index contributed by atoms with van der Waals surface area (Å²) in [5, 5.41) is 13.2. The summed E-state index contributed by atoms with van der Waals surface area (Å²) in [7, 11) is 0. The Hall–Kier alpha value is -2.61. The van der Waals surface area contributed by atoms with Crippen molar-refractivity contribution in [1.29, 1.82) is 0 Å². The van der Waals surface area contributed by atoms with E-state index in [1.807, 2.05) is 25.3 Å². The van der Waals surface area contributed by atoms with E-state index in [9.17, 15) is 9.59 Å². The Balaban J connectivity index is 1.74. The van der Waals surface area contributed by atoms with Crippen LogP contribution in [0.1, 0.15) is 40.2 Å². The molecule has 6 nitrogen and oxygen atoms in total. The topological polar surface area (TPSA) is 92.2 Å². The van der Waals surface area contributed by atoms with Gasteiger partial charge in [-0.1, -0.05) is 42.3 Å². The number of nitrogens with zero attached hydrogens (tertiary/aromatic N) is 2. The Labute approximate surface area is 194 Å². The summed E-state index contributed by atoms with van der Waals surface area (Å²) in [6.45, 7) is 1.97. The Morgan fingerprint density at radius 1 is 1.13 bits per heavy atom. The quantitative estimate of drug-likeness (QED) is 0.344. The van der Waals surface area contributed by atoms with Gasteiger partial charge in [-0.15, -0.1) is 11.8 Å². The first-order valence-electron chi connectivity index (χ1n) is 9.26. The van der Waals surface area contributed by atoms with Crippen LogP contribution in [0.25, 0.3) is 0 Å². The predicted molar refractivity (Wildman–Crippen MR) is 124 cm³/mol. The van der Waals surface area contributed by atoms with Crippen LogP contribution in [-0.2, 0) is 11.2 Å². The van der Waals surface area contributed by atoms with Gasteiger partial charge in [0.15, 0.2) is 0 Å². The molecule has 9 heteroatoms. The lowest BCUT2D eigenvalue weighted by molar-refractivity contribution is -0.136. The molecule has 0 bridgehead atoms. The van der Waals surface area contributed by atoms with Crippen LogP contribution in [0, 0.1) is 0 Å². The molecule has 0 aliphatic rings. The minimum Gasteiger partial charge on any atom is -0.481 e. The van der Waals surface area contributed by atoms with E-state index < -0.39 is 5.97 Å². The molecular formula is C22H19Cl2N3O3S. The lowest BCUT2D eigenvalue weighted by Crippen LogP contribution is -2.12. The maximum atomic E-state index is 12.4. The number of rotatable bonds is 7. The van der Waals surface area contributed by atoms with Crippen LogP contribution >= 0.6 is 35.0 Å². The van der Waals surface area contributed by atoms with Crippen LogP contribution in [0.5, 0.6) is 0 Å². The van der Waals surface area contributed by atoms with Crippen molar-refractivity contribution in [3.63, 3.8) is 0 Å². The fraction of sp³-hybridized carbons (Fsp3) is 0.182. The SMILES string of the molecule is CSc1nc(C(C)c2ccc(NC(=O)c3ccc(Cl)c(Cl)c3)cc2)ncc1CC(=O)O. The van der Waals surface area contributed by atoms with Gasteiger partial charge in [-0.2, -0.15) is 0 Å². The fourth-order valence-electron chi connectivity index (χ4n) is 2.92. The second-order valence-corrected chi connectivity index (χ2v) is 8.37. The Morgan fingerprint density at radius 3 is 2.45 bits per heavy atom. The second-order valence-electron chi connectivity index (χ2n) is 6.76. The van der Waals surface area contributed by atoms with Gasteiger partial charge in [-0.3, -0.25) is 9.59 Å². The maximum Gasteiger partial charge on any atom is 0.307 e. The number of hydrogen-bond acceptors (Lipinski definition) is 5. The van der Waals surface area contributed by atoms with Gasteiger partial charge in [0.25, 0.3) is 5.91 Å². The monoisotopic (exact) mass is 475 g/mol. The summed E-state index contributed by atoms with van der Waals surface area (Å²) in [5.41, 5.74) is 2.60. The summed E-state index contributed by atoms with van der Waals surface area (Å²) in [5.74, 6) is -0.713. The number of thioether (sulfide) groups is 1. The summed E-state index contributed by atoms with van der Waals surface area (Å²) in [6, 6.07) is 12.1. The molecule has 0 aliphatic carbocycles. The number of aromatic nitrogens is 2. The number of carbonyl (C=O) groups is 2. The fourth-order valence-corrected chi connectivity index (χ4v) is 3.79. The molecule has 2 aromatic carbocycles. The van der Waals surface area contributed by atoms with Crippen LogP contribution in [0.2, 0.25) is 10.0 Å². The van der Waals surface area contributed by atoms with Gasteiger partial charge >= 0.3 is 5.97 Å². The zero-order valence-electron chi connectivity index (χ0n) is 16.7. The molecule has 1 unspecified atom stereocenters. The van der Waals surface area contributed by atoms with Gasteiger partial charge in [0.05, 0.1) is 16.5 Å². The average molecular weight is 476 g/mol. The first kappa shape index (κ1) is 23.1. The zero-order chi connectivity index (χ0) is 22.5. The number of anilines is 1. The van der Waals surface area contributed by atoms with Crippen molar-refractivity contribution in [1.82, 2.24) is 9.97 Å². The third-order valence-corrected chi connectivity index (χ3v) is 6.10. The minimum atomic E-state index is -0.918. The van der Waals surface area contributed by atoms with Crippen LogP contribution in [0.3, 0.4) is 0 Å². The number of nitrogens with one attached hydrogen (secondary N) is 1. The molecule has 0 radical (unpaired) electrons. The zero-order valence-corrected chi connectivity index (χ0v) is 19.1. The molecule has 3 rings (SSSR count). The number of carboxylic acids is 1. The van der Waals surface area contributed by atoms with E-state index in [4.69, 9.17) is 28.3 Å². The third kappa shape index (κ3) is 5.76. The molecule has 0 spiro atoms. The number of aliphatic carboxylic acids is 1. The van der Waals surface area contributed by atoms with Crippen molar-refractivity contribution in [3.8, 4) is 0 Å². The second kappa shape index (κ2) is 10.1. The minimum absolute atomic E-state index is 0.107. The molecule has 1 heterocycles. The van der Waals surface area contributed by atoms with E-state index in [2.05, 4.69) is 15.3 Å². The summed E-state index contributed by atoms with van der Waals surface area (Å²) in [6.07, 6.45) is 3.32. The van der Waals surface area contributed by atoms with E-state index in [0.29, 0.717) is 37.7 Å². The first-order chi connectivity index (χ1) is 14.8. The highest BCUT2D eigenvalue weighted by molar-refractivity contribution is 7.98. The van der Waals surface area contributed by atoms with E-state index >= 15 is 0 Å². The maximum absolute atomic E-state index is 12.4. The van der Waals surface area contributed by atoms with E-state index in [-0.39, 0.29) is 18.2 Å². The lowest BCUT2D eigenvalue weighted by Gasteiger charge is -2.14. The third-order valence-electron chi connectivity index (χ3n) is 4.62. The highest BCUT2D eigenvalue weighted by Crippen LogP contribution is 2.27. The van der Waals surface area contributed by atoms with Crippen molar-refractivity contribution in [3.05, 3.63) is 81.2 Å². The molecule has 1 atom stereocenters. The molecule has 0 aliphatic heterocycles. The van der Waals surface area contributed by atoms with Gasteiger partial charge in [0, 0.05) is 28.9 Å². The Bertz CT molecular complexity index is 1120. The molecule has 0 saturated carbocycles. The van der Waals surface area contributed by atoms with Crippen molar-refractivity contribution in [2.45, 2.75) is 24.3 Å². The summed E-state index contributed by atoms with van der Waals surface area (Å²) in [4.78, 5) is 32.3. The molecule has 0 fully saturated rings. The standard InChI is InChI=1S/C22H19Cl2N3O3S/c1-12(20-25-11-15(10-19(28)29)22(27-20)31-2)13-3-6-16(7-4-13)26-21(30)14-5-8-17(23)18(24)9-14/h3-9,11-12H,10H2,1-2H3,(H,26,30)(H,28,29). The summed E-state index contributed by atoms with van der Waals surface area (Å²) >= 11 is 13.3.